The molecule has 0 aromatic rings. The summed E-state index contributed by atoms with van der Waals surface area (Å²) in [5, 5.41) is 9.98. The Morgan fingerprint density at radius 1 is 1.42 bits per heavy atom. The largest absolute Gasteiger partial charge is 0.390 e. The second-order valence-electron chi connectivity index (χ2n) is 4.60. The Labute approximate surface area is 76.2 Å². The average molecular weight is 170 g/mol. The number of hydrogen-bond acceptors (Lipinski definition) is 1. The molecule has 1 aliphatic rings. The van der Waals surface area contributed by atoms with Crippen molar-refractivity contribution in [3.63, 3.8) is 0 Å². The fraction of sp³-hybridized carbons (Fsp3) is 1.00. The van der Waals surface area contributed by atoms with Gasteiger partial charge in [0.05, 0.1) is 5.60 Å². The second kappa shape index (κ2) is 4.27. The summed E-state index contributed by atoms with van der Waals surface area (Å²) in [6.07, 6.45) is 8.46. The van der Waals surface area contributed by atoms with E-state index in [1.165, 1.54) is 32.1 Å². The van der Waals surface area contributed by atoms with Crippen molar-refractivity contribution in [2.24, 2.45) is 5.92 Å². The SMILES string of the molecule is CCCCC(C)(O)CC1CCC1. The summed E-state index contributed by atoms with van der Waals surface area (Å²) >= 11 is 0. The minimum absolute atomic E-state index is 0.374. The zero-order valence-corrected chi connectivity index (χ0v) is 8.47. The highest BCUT2D eigenvalue weighted by Crippen LogP contribution is 2.35. The molecule has 0 amide bonds. The highest BCUT2D eigenvalue weighted by molar-refractivity contribution is 4.80. The molecule has 1 N–H and O–H groups in total. The van der Waals surface area contributed by atoms with E-state index >= 15 is 0 Å². The molecule has 1 saturated carbocycles. The lowest BCUT2D eigenvalue weighted by molar-refractivity contribution is 0.0107. The molecule has 0 spiro atoms. The first-order valence-electron chi connectivity index (χ1n) is 5.36. The van der Waals surface area contributed by atoms with E-state index in [0.29, 0.717) is 0 Å². The summed E-state index contributed by atoms with van der Waals surface area (Å²) < 4.78 is 0. The van der Waals surface area contributed by atoms with E-state index in [-0.39, 0.29) is 5.60 Å². The van der Waals surface area contributed by atoms with E-state index in [1.807, 2.05) is 6.92 Å². The molecular formula is C11H22O. The van der Waals surface area contributed by atoms with Crippen molar-refractivity contribution in [1.29, 1.82) is 0 Å². The Balaban J connectivity index is 2.16. The molecule has 0 heterocycles. The maximum absolute atomic E-state index is 9.98. The van der Waals surface area contributed by atoms with Crippen molar-refractivity contribution in [3.8, 4) is 0 Å². The zero-order chi connectivity index (χ0) is 9.03. The molecular weight excluding hydrogens is 148 g/mol. The van der Waals surface area contributed by atoms with Crippen LogP contribution < -0.4 is 0 Å². The van der Waals surface area contributed by atoms with Crippen molar-refractivity contribution in [3.05, 3.63) is 0 Å². The first kappa shape index (κ1) is 10.0. The topological polar surface area (TPSA) is 20.2 Å². The van der Waals surface area contributed by atoms with Gasteiger partial charge in [0.25, 0.3) is 0 Å². The van der Waals surface area contributed by atoms with Gasteiger partial charge < -0.3 is 5.11 Å². The molecule has 12 heavy (non-hydrogen) atoms. The Morgan fingerprint density at radius 2 is 2.08 bits per heavy atom. The maximum Gasteiger partial charge on any atom is 0.0622 e. The fourth-order valence-corrected chi connectivity index (χ4v) is 1.98. The minimum Gasteiger partial charge on any atom is -0.390 e. The quantitative estimate of drug-likeness (QED) is 0.672. The summed E-state index contributed by atoms with van der Waals surface area (Å²) in [5.74, 6) is 0.830. The van der Waals surface area contributed by atoms with Crippen LogP contribution in [0.15, 0.2) is 0 Å². The van der Waals surface area contributed by atoms with E-state index < -0.39 is 0 Å². The highest BCUT2D eigenvalue weighted by Gasteiger charge is 2.27. The molecule has 0 aromatic carbocycles. The van der Waals surface area contributed by atoms with Crippen LogP contribution in [0, 0.1) is 5.92 Å². The van der Waals surface area contributed by atoms with E-state index in [1.54, 1.807) is 0 Å². The molecule has 1 aliphatic carbocycles. The molecule has 1 unspecified atom stereocenters. The Hall–Kier alpha value is -0.0400. The molecule has 1 nitrogen and oxygen atoms in total. The van der Waals surface area contributed by atoms with Gasteiger partial charge in [-0.2, -0.15) is 0 Å². The molecule has 0 aromatic heterocycles. The van der Waals surface area contributed by atoms with E-state index in [2.05, 4.69) is 6.92 Å². The highest BCUT2D eigenvalue weighted by atomic mass is 16.3. The Morgan fingerprint density at radius 3 is 2.50 bits per heavy atom. The van der Waals surface area contributed by atoms with Crippen molar-refractivity contribution in [1.82, 2.24) is 0 Å². The summed E-state index contributed by atoms with van der Waals surface area (Å²) in [6.45, 7) is 4.18. The monoisotopic (exact) mass is 170 g/mol. The average Bonchev–Trinajstić information content (AvgIpc) is 1.94. The van der Waals surface area contributed by atoms with Crippen LogP contribution in [0.5, 0.6) is 0 Å². The van der Waals surface area contributed by atoms with Crippen LogP contribution in [0.25, 0.3) is 0 Å². The van der Waals surface area contributed by atoms with Gasteiger partial charge in [-0.3, -0.25) is 0 Å². The van der Waals surface area contributed by atoms with E-state index in [9.17, 15) is 5.11 Å². The third kappa shape index (κ3) is 3.14. The summed E-state index contributed by atoms with van der Waals surface area (Å²) in [7, 11) is 0. The normalized spacial score (nSPS) is 23.2. The van der Waals surface area contributed by atoms with Gasteiger partial charge in [0.1, 0.15) is 0 Å². The van der Waals surface area contributed by atoms with Gasteiger partial charge >= 0.3 is 0 Å². The zero-order valence-electron chi connectivity index (χ0n) is 8.47. The molecule has 0 radical (unpaired) electrons. The lowest BCUT2D eigenvalue weighted by Crippen LogP contribution is -2.30. The summed E-state index contributed by atoms with van der Waals surface area (Å²) in [6, 6.07) is 0. The van der Waals surface area contributed by atoms with Gasteiger partial charge in [-0.25, -0.2) is 0 Å². The summed E-state index contributed by atoms with van der Waals surface area (Å²) in [4.78, 5) is 0. The minimum atomic E-state index is -0.374. The van der Waals surface area contributed by atoms with Crippen LogP contribution in [0.4, 0.5) is 0 Å². The fourth-order valence-electron chi connectivity index (χ4n) is 1.98. The van der Waals surface area contributed by atoms with Crippen LogP contribution in [0.1, 0.15) is 58.8 Å². The lowest BCUT2D eigenvalue weighted by Gasteiger charge is -2.33. The van der Waals surface area contributed by atoms with Gasteiger partial charge in [-0.1, -0.05) is 39.0 Å². The van der Waals surface area contributed by atoms with Crippen molar-refractivity contribution in [2.45, 2.75) is 64.4 Å². The third-order valence-electron chi connectivity index (χ3n) is 3.02. The van der Waals surface area contributed by atoms with Gasteiger partial charge in [0.2, 0.25) is 0 Å². The predicted octanol–water partition coefficient (Wildman–Crippen LogP) is 3.12. The molecule has 1 rings (SSSR count). The first-order chi connectivity index (χ1) is 5.64. The van der Waals surface area contributed by atoms with Crippen LogP contribution >= 0.6 is 0 Å². The van der Waals surface area contributed by atoms with Crippen LogP contribution in [-0.4, -0.2) is 10.7 Å². The first-order valence-corrected chi connectivity index (χ1v) is 5.36. The smallest absolute Gasteiger partial charge is 0.0622 e. The van der Waals surface area contributed by atoms with Gasteiger partial charge in [0.15, 0.2) is 0 Å². The van der Waals surface area contributed by atoms with Gasteiger partial charge in [-0.05, 0) is 25.7 Å². The number of hydrogen-bond donors (Lipinski definition) is 1. The van der Waals surface area contributed by atoms with Crippen LogP contribution in [0.3, 0.4) is 0 Å². The standard InChI is InChI=1S/C11H22O/c1-3-4-8-11(2,12)9-10-6-5-7-10/h10,12H,3-9H2,1-2H3. The predicted molar refractivity (Wildman–Crippen MR) is 52.1 cm³/mol. The molecule has 0 aliphatic heterocycles. The number of unbranched alkanes of at least 4 members (excludes halogenated alkanes) is 1. The Kier molecular flexibility index (Phi) is 3.57. The van der Waals surface area contributed by atoms with Gasteiger partial charge in [0, 0.05) is 0 Å². The van der Waals surface area contributed by atoms with Crippen molar-refractivity contribution >= 4 is 0 Å². The van der Waals surface area contributed by atoms with E-state index in [4.69, 9.17) is 0 Å². The third-order valence-corrected chi connectivity index (χ3v) is 3.02. The maximum atomic E-state index is 9.98. The molecule has 0 bridgehead atoms. The van der Waals surface area contributed by atoms with Crippen molar-refractivity contribution in [2.75, 3.05) is 0 Å². The molecule has 1 heteroatoms. The summed E-state index contributed by atoms with van der Waals surface area (Å²) in [5.41, 5.74) is -0.374. The van der Waals surface area contributed by atoms with Gasteiger partial charge in [-0.15, -0.1) is 0 Å². The van der Waals surface area contributed by atoms with Crippen LogP contribution in [0.2, 0.25) is 0 Å². The molecule has 0 saturated heterocycles. The lowest BCUT2D eigenvalue weighted by atomic mass is 9.76. The molecule has 1 fully saturated rings. The Bertz CT molecular complexity index is 125. The molecule has 72 valence electrons. The number of aliphatic hydroxyl groups is 1. The molecule has 1 atom stereocenters. The second-order valence-corrected chi connectivity index (χ2v) is 4.60. The van der Waals surface area contributed by atoms with Crippen molar-refractivity contribution < 1.29 is 5.11 Å². The number of rotatable bonds is 5. The van der Waals surface area contributed by atoms with E-state index in [0.717, 1.165) is 18.8 Å². The van der Waals surface area contributed by atoms with Crippen LogP contribution in [-0.2, 0) is 0 Å².